The third-order valence-electron chi connectivity index (χ3n) is 5.18. The zero-order valence-corrected chi connectivity index (χ0v) is 17.3. The molecule has 7 nitrogen and oxygen atoms in total. The summed E-state index contributed by atoms with van der Waals surface area (Å²) in [6, 6.07) is 8.36. The van der Waals surface area contributed by atoms with E-state index in [1.54, 1.807) is 17.6 Å². The van der Waals surface area contributed by atoms with E-state index in [1.807, 2.05) is 29.6 Å². The molecule has 2 aliphatic rings. The van der Waals surface area contributed by atoms with E-state index in [-0.39, 0.29) is 17.9 Å². The Kier molecular flexibility index (Phi) is 7.74. The summed E-state index contributed by atoms with van der Waals surface area (Å²) in [6.45, 7) is 2.90. The lowest BCUT2D eigenvalue weighted by Crippen LogP contribution is -2.52. The van der Waals surface area contributed by atoms with Crippen molar-refractivity contribution in [3.05, 3.63) is 46.5 Å². The topological polar surface area (TPSA) is 92.0 Å². The van der Waals surface area contributed by atoms with E-state index in [9.17, 15) is 18.0 Å². The first-order chi connectivity index (χ1) is 14.7. The molecular formula is C20H23F3N2O5S. The Hall–Kier alpha value is -2.37. The van der Waals surface area contributed by atoms with Gasteiger partial charge in [-0.1, -0.05) is 6.07 Å². The van der Waals surface area contributed by atoms with Crippen LogP contribution in [0.2, 0.25) is 0 Å². The molecule has 2 aromatic heterocycles. The first-order valence-electron chi connectivity index (χ1n) is 9.72. The highest BCUT2D eigenvalue weighted by atomic mass is 32.1. The maximum Gasteiger partial charge on any atom is 0.490 e. The molecule has 2 saturated heterocycles. The van der Waals surface area contributed by atoms with Gasteiger partial charge in [-0.3, -0.25) is 9.69 Å². The highest BCUT2D eigenvalue weighted by molar-refractivity contribution is 7.09. The average molecular weight is 460 g/mol. The van der Waals surface area contributed by atoms with Crippen molar-refractivity contribution < 1.29 is 37.0 Å². The van der Waals surface area contributed by atoms with Gasteiger partial charge in [-0.15, -0.1) is 11.3 Å². The van der Waals surface area contributed by atoms with Gasteiger partial charge in [0.25, 0.3) is 0 Å². The number of likely N-dealkylation sites (tertiary alicyclic amines) is 1. The molecule has 2 fully saturated rings. The van der Waals surface area contributed by atoms with E-state index in [1.165, 1.54) is 4.88 Å². The van der Waals surface area contributed by atoms with Crippen molar-refractivity contribution in [1.29, 1.82) is 0 Å². The summed E-state index contributed by atoms with van der Waals surface area (Å²) in [5.41, 5.74) is 0. The smallest absolute Gasteiger partial charge is 0.475 e. The lowest BCUT2D eigenvalue weighted by atomic mass is 9.89. The van der Waals surface area contributed by atoms with Gasteiger partial charge in [-0.25, -0.2) is 4.79 Å². The largest absolute Gasteiger partial charge is 0.490 e. The van der Waals surface area contributed by atoms with Crippen molar-refractivity contribution in [1.82, 2.24) is 10.2 Å². The fourth-order valence-corrected chi connectivity index (χ4v) is 4.40. The zero-order valence-electron chi connectivity index (χ0n) is 16.5. The summed E-state index contributed by atoms with van der Waals surface area (Å²) in [6.07, 6.45) is -1.37. The molecule has 0 aliphatic carbocycles. The number of rotatable bonds is 5. The number of amides is 1. The minimum atomic E-state index is -5.08. The third-order valence-corrected chi connectivity index (χ3v) is 6.06. The molecule has 3 atom stereocenters. The minimum Gasteiger partial charge on any atom is -0.475 e. The predicted molar refractivity (Wildman–Crippen MR) is 105 cm³/mol. The number of fused-ring (bicyclic) bond motifs is 1. The first-order valence-corrected chi connectivity index (χ1v) is 10.6. The molecule has 0 bridgehead atoms. The number of carboxylic acid groups (broad SMARTS) is 1. The molecule has 1 amide bonds. The number of carbonyl (C=O) groups excluding carboxylic acids is 1. The number of hydrogen-bond donors (Lipinski definition) is 2. The summed E-state index contributed by atoms with van der Waals surface area (Å²) < 4.78 is 43.1. The number of nitrogens with zero attached hydrogens (tertiary/aromatic N) is 1. The van der Waals surface area contributed by atoms with Crippen LogP contribution in [-0.4, -0.2) is 53.4 Å². The molecule has 0 saturated carbocycles. The number of halogens is 3. The van der Waals surface area contributed by atoms with E-state index in [2.05, 4.69) is 10.2 Å². The number of aliphatic carboxylic acids is 1. The Morgan fingerprint density at radius 3 is 2.68 bits per heavy atom. The van der Waals surface area contributed by atoms with E-state index in [0.29, 0.717) is 12.6 Å². The van der Waals surface area contributed by atoms with Crippen molar-refractivity contribution in [3.8, 4) is 0 Å². The van der Waals surface area contributed by atoms with Crippen LogP contribution in [0.15, 0.2) is 40.3 Å². The number of nitrogens with one attached hydrogen (secondary N) is 1. The molecule has 0 spiro atoms. The second-order valence-corrected chi connectivity index (χ2v) is 8.34. The maximum atomic E-state index is 12.6. The summed E-state index contributed by atoms with van der Waals surface area (Å²) >= 11 is 1.67. The molecule has 4 rings (SSSR count). The Labute approximate surface area is 180 Å². The van der Waals surface area contributed by atoms with Crippen LogP contribution in [0, 0.1) is 5.92 Å². The molecule has 170 valence electrons. The Bertz CT molecular complexity index is 842. The monoisotopic (exact) mass is 460 g/mol. The van der Waals surface area contributed by atoms with Crippen LogP contribution in [0.4, 0.5) is 13.2 Å². The van der Waals surface area contributed by atoms with Gasteiger partial charge in [0.1, 0.15) is 5.76 Å². The van der Waals surface area contributed by atoms with Gasteiger partial charge in [-0.05, 0) is 36.4 Å². The third kappa shape index (κ3) is 6.55. The Balaban J connectivity index is 0.000000339. The van der Waals surface area contributed by atoms with Crippen LogP contribution in [0.3, 0.4) is 0 Å². The average Bonchev–Trinajstić information content (AvgIpc) is 3.47. The lowest BCUT2D eigenvalue weighted by Gasteiger charge is -2.39. The van der Waals surface area contributed by atoms with Crippen molar-refractivity contribution in [2.75, 3.05) is 13.2 Å². The van der Waals surface area contributed by atoms with Crippen LogP contribution in [0.1, 0.15) is 23.5 Å². The summed E-state index contributed by atoms with van der Waals surface area (Å²) in [4.78, 5) is 25.1. The maximum absolute atomic E-state index is 12.6. The van der Waals surface area contributed by atoms with E-state index < -0.39 is 12.1 Å². The summed E-state index contributed by atoms with van der Waals surface area (Å²) in [7, 11) is 0. The number of piperidine rings is 1. The molecule has 0 aromatic carbocycles. The fourth-order valence-electron chi connectivity index (χ4n) is 3.76. The Morgan fingerprint density at radius 2 is 2.06 bits per heavy atom. The van der Waals surface area contributed by atoms with Gasteiger partial charge in [0.05, 0.1) is 31.4 Å². The molecule has 31 heavy (non-hydrogen) atoms. The van der Waals surface area contributed by atoms with Gasteiger partial charge in [0.15, 0.2) is 0 Å². The standard InChI is InChI=1S/C18H22N2O3S.C2HF3O2/c21-18(19-10-15-4-2-8-24-15)13-9-17-16(5-7-23-17)20(11-13)12-14-3-1-6-22-14;3-2(4,5)1(6)7/h1-4,6,8,13,16-17H,5,7,9-12H2,(H,19,21);(H,6,7)/t13-,16+,17+;/m0./s1. The van der Waals surface area contributed by atoms with Crippen LogP contribution in [0.5, 0.6) is 0 Å². The number of alkyl halides is 3. The fraction of sp³-hybridized carbons (Fsp3) is 0.500. The Morgan fingerprint density at radius 1 is 1.29 bits per heavy atom. The zero-order chi connectivity index (χ0) is 22.4. The van der Waals surface area contributed by atoms with Crippen molar-refractivity contribution >= 4 is 23.2 Å². The van der Waals surface area contributed by atoms with Gasteiger partial charge in [0.2, 0.25) is 5.91 Å². The molecule has 2 N–H and O–H groups in total. The lowest BCUT2D eigenvalue weighted by molar-refractivity contribution is -0.192. The number of carboxylic acids is 1. The van der Waals surface area contributed by atoms with E-state index >= 15 is 0 Å². The molecular weight excluding hydrogens is 437 g/mol. The molecule has 2 aliphatic heterocycles. The molecule has 11 heteroatoms. The molecule has 0 radical (unpaired) electrons. The molecule has 0 unspecified atom stereocenters. The summed E-state index contributed by atoms with van der Waals surface area (Å²) in [5.74, 6) is -1.71. The summed E-state index contributed by atoms with van der Waals surface area (Å²) in [5, 5.41) is 12.2. The van der Waals surface area contributed by atoms with E-state index in [4.69, 9.17) is 19.1 Å². The SMILES string of the molecule is O=C(NCc1cccs1)[C@H]1C[C@H]2OCC[C@H]2N(Cc2ccco2)C1.O=C(O)C(F)(F)F. The highest BCUT2D eigenvalue weighted by Gasteiger charge is 2.42. The second-order valence-electron chi connectivity index (χ2n) is 7.31. The number of carbonyl (C=O) groups is 2. The number of thiophene rings is 1. The van der Waals surface area contributed by atoms with Gasteiger partial charge >= 0.3 is 12.1 Å². The normalized spacial score (nSPS) is 23.5. The van der Waals surface area contributed by atoms with E-state index in [0.717, 1.165) is 38.3 Å². The van der Waals surface area contributed by atoms with Crippen LogP contribution in [-0.2, 0) is 27.4 Å². The van der Waals surface area contributed by atoms with Crippen LogP contribution >= 0.6 is 11.3 Å². The number of hydrogen-bond acceptors (Lipinski definition) is 6. The van der Waals surface area contributed by atoms with Gasteiger partial charge in [0, 0.05) is 24.1 Å². The second kappa shape index (κ2) is 10.3. The highest BCUT2D eigenvalue weighted by Crippen LogP contribution is 2.32. The van der Waals surface area contributed by atoms with Crippen LogP contribution in [0.25, 0.3) is 0 Å². The first kappa shape index (κ1) is 23.3. The number of ether oxygens (including phenoxy) is 1. The van der Waals surface area contributed by atoms with Crippen molar-refractivity contribution in [2.24, 2.45) is 5.92 Å². The predicted octanol–water partition coefficient (Wildman–Crippen LogP) is 3.27. The minimum absolute atomic E-state index is 0.0284. The van der Waals surface area contributed by atoms with Gasteiger partial charge < -0.3 is 19.6 Å². The van der Waals surface area contributed by atoms with Crippen molar-refractivity contribution in [3.63, 3.8) is 0 Å². The van der Waals surface area contributed by atoms with Crippen molar-refractivity contribution in [2.45, 2.75) is 44.3 Å². The quantitative estimate of drug-likeness (QED) is 0.712. The number of furan rings is 1. The molecule has 4 heterocycles. The molecule has 2 aromatic rings. The van der Waals surface area contributed by atoms with Gasteiger partial charge in [-0.2, -0.15) is 13.2 Å². The van der Waals surface area contributed by atoms with Crippen LogP contribution < -0.4 is 5.32 Å².